The molecule has 0 radical (unpaired) electrons. The number of aryl methyl sites for hydroxylation is 1. The molecule has 0 spiro atoms. The van der Waals surface area contributed by atoms with E-state index in [1.54, 1.807) is 0 Å². The molecule has 2 aromatic rings. The smallest absolute Gasteiger partial charge is 0.317 e. The van der Waals surface area contributed by atoms with Gasteiger partial charge in [0.1, 0.15) is 0 Å². The zero-order valence-corrected chi connectivity index (χ0v) is 17.0. The number of likely N-dealkylation sites (N-methyl/N-ethyl adjacent to an activating group) is 1. The number of fused-ring (bicyclic) bond motifs is 2. The van der Waals surface area contributed by atoms with Gasteiger partial charge in [0.05, 0.1) is 0 Å². The number of amides is 2. The second-order valence-corrected chi connectivity index (χ2v) is 8.08. The van der Waals surface area contributed by atoms with Crippen molar-refractivity contribution in [2.75, 3.05) is 26.7 Å². The zero-order valence-electron chi connectivity index (χ0n) is 17.0. The Bertz CT molecular complexity index is 838. The lowest BCUT2D eigenvalue weighted by atomic mass is 9.73. The molecule has 27 heavy (non-hydrogen) atoms. The molecule has 2 heterocycles. The van der Waals surface area contributed by atoms with Crippen molar-refractivity contribution in [1.29, 1.82) is 0 Å². The number of urea groups is 1. The van der Waals surface area contributed by atoms with E-state index in [0.717, 1.165) is 38.9 Å². The van der Waals surface area contributed by atoms with Crippen LogP contribution in [0.15, 0.2) is 18.2 Å². The van der Waals surface area contributed by atoms with Gasteiger partial charge in [0.15, 0.2) is 0 Å². The maximum atomic E-state index is 12.6. The summed E-state index contributed by atoms with van der Waals surface area (Å²) in [5.74, 6) is 0.474. The van der Waals surface area contributed by atoms with E-state index in [4.69, 9.17) is 0 Å². The number of nitrogens with one attached hydrogen (secondary N) is 2. The highest BCUT2D eigenvalue weighted by molar-refractivity contribution is 5.89. The van der Waals surface area contributed by atoms with Gasteiger partial charge in [-0.25, -0.2) is 4.79 Å². The number of likely N-dealkylation sites (tertiary alicyclic amines) is 1. The highest BCUT2D eigenvalue weighted by atomic mass is 16.2. The number of aromatic nitrogens is 1. The molecule has 1 saturated heterocycles. The molecule has 1 unspecified atom stereocenters. The fraction of sp³-hybridized carbons (Fsp3) is 0.591. The zero-order chi connectivity index (χ0) is 19.1. The second kappa shape index (κ2) is 7.19. The maximum Gasteiger partial charge on any atom is 0.317 e. The van der Waals surface area contributed by atoms with Gasteiger partial charge in [0.25, 0.3) is 0 Å². The average Bonchev–Trinajstić information content (AvgIpc) is 3.03. The first kappa shape index (κ1) is 18.4. The summed E-state index contributed by atoms with van der Waals surface area (Å²) in [4.78, 5) is 20.5. The largest absolute Gasteiger partial charge is 0.358 e. The Morgan fingerprint density at radius 1 is 1.30 bits per heavy atom. The number of aromatic amines is 1. The maximum absolute atomic E-state index is 12.6. The Morgan fingerprint density at radius 2 is 2.07 bits per heavy atom. The quantitative estimate of drug-likeness (QED) is 0.868. The van der Waals surface area contributed by atoms with E-state index in [1.807, 2.05) is 18.7 Å². The molecule has 1 aliphatic carbocycles. The first-order valence-corrected chi connectivity index (χ1v) is 10.4. The fourth-order valence-corrected chi connectivity index (χ4v) is 5.29. The van der Waals surface area contributed by atoms with E-state index in [-0.39, 0.29) is 12.1 Å². The number of rotatable bonds is 4. The molecule has 0 saturated carbocycles. The van der Waals surface area contributed by atoms with Gasteiger partial charge in [-0.15, -0.1) is 0 Å². The molecular formula is C22H32N4O. The monoisotopic (exact) mass is 368 g/mol. The molecule has 1 aromatic carbocycles. The van der Waals surface area contributed by atoms with Gasteiger partial charge in [0, 0.05) is 54.2 Å². The molecule has 2 N–H and O–H groups in total. The highest BCUT2D eigenvalue weighted by Crippen LogP contribution is 2.44. The van der Waals surface area contributed by atoms with E-state index in [0.29, 0.717) is 12.0 Å². The lowest BCUT2D eigenvalue weighted by Crippen LogP contribution is -2.56. The van der Waals surface area contributed by atoms with Crippen LogP contribution in [0.2, 0.25) is 0 Å². The van der Waals surface area contributed by atoms with Crippen molar-refractivity contribution in [3.63, 3.8) is 0 Å². The number of hydrogen-bond acceptors (Lipinski definition) is 2. The summed E-state index contributed by atoms with van der Waals surface area (Å²) in [6, 6.07) is 7.47. The minimum atomic E-state index is 0.0708. The van der Waals surface area contributed by atoms with Gasteiger partial charge in [-0.1, -0.05) is 19.1 Å². The third-order valence-electron chi connectivity index (χ3n) is 6.67. The van der Waals surface area contributed by atoms with Crippen molar-refractivity contribution in [2.24, 2.45) is 0 Å². The van der Waals surface area contributed by atoms with Crippen LogP contribution in [0.3, 0.4) is 0 Å². The summed E-state index contributed by atoms with van der Waals surface area (Å²) in [7, 11) is 2.22. The summed E-state index contributed by atoms with van der Waals surface area (Å²) < 4.78 is 0. The predicted octanol–water partition coefficient (Wildman–Crippen LogP) is 3.49. The number of carbonyl (C=O) groups excluding carboxylic acids is 1. The summed E-state index contributed by atoms with van der Waals surface area (Å²) in [5.41, 5.74) is 5.64. The first-order chi connectivity index (χ1) is 13.1. The van der Waals surface area contributed by atoms with E-state index < -0.39 is 0 Å². The Labute approximate surface area is 162 Å². The number of benzene rings is 1. The number of H-pyrrole nitrogens is 1. The van der Waals surface area contributed by atoms with Crippen molar-refractivity contribution in [3.8, 4) is 0 Å². The van der Waals surface area contributed by atoms with Gasteiger partial charge in [-0.2, -0.15) is 0 Å². The van der Waals surface area contributed by atoms with Gasteiger partial charge < -0.3 is 20.1 Å². The van der Waals surface area contributed by atoms with Gasteiger partial charge in [0.2, 0.25) is 0 Å². The van der Waals surface area contributed by atoms with Gasteiger partial charge in [-0.05, 0) is 57.4 Å². The molecule has 5 nitrogen and oxygen atoms in total. The number of hydrogen-bond donors (Lipinski definition) is 2. The minimum Gasteiger partial charge on any atom is -0.358 e. The molecule has 0 bridgehead atoms. The van der Waals surface area contributed by atoms with Gasteiger partial charge >= 0.3 is 6.03 Å². The Morgan fingerprint density at radius 3 is 2.78 bits per heavy atom. The number of piperidine rings is 1. The van der Waals surface area contributed by atoms with Crippen LogP contribution in [-0.2, 0) is 12.8 Å². The third kappa shape index (κ3) is 3.02. The molecule has 1 aliphatic heterocycles. The normalized spacial score (nSPS) is 24.7. The van der Waals surface area contributed by atoms with Crippen LogP contribution < -0.4 is 5.32 Å². The van der Waals surface area contributed by atoms with Crippen LogP contribution in [0.4, 0.5) is 4.79 Å². The SMILES string of the molecule is CCc1[nH]c2cccc3c2c1C[C@@H]1C3C[C@H](NC(=O)N(CC)CC)CN1C. The van der Waals surface area contributed by atoms with Crippen molar-refractivity contribution < 1.29 is 4.79 Å². The molecule has 5 heteroatoms. The van der Waals surface area contributed by atoms with E-state index in [2.05, 4.69) is 47.4 Å². The van der Waals surface area contributed by atoms with Crippen LogP contribution in [0.1, 0.15) is 49.9 Å². The van der Waals surface area contributed by atoms with Crippen LogP contribution in [0.5, 0.6) is 0 Å². The third-order valence-corrected chi connectivity index (χ3v) is 6.67. The van der Waals surface area contributed by atoms with E-state index >= 15 is 0 Å². The van der Waals surface area contributed by atoms with Crippen LogP contribution in [0, 0.1) is 0 Å². The van der Waals surface area contributed by atoms with Crippen molar-refractivity contribution in [2.45, 2.75) is 58.0 Å². The fourth-order valence-electron chi connectivity index (χ4n) is 5.29. The van der Waals surface area contributed by atoms with Crippen LogP contribution in [0.25, 0.3) is 10.9 Å². The topological polar surface area (TPSA) is 51.4 Å². The minimum absolute atomic E-state index is 0.0708. The Kier molecular flexibility index (Phi) is 4.89. The number of carbonyl (C=O) groups is 1. The lowest BCUT2D eigenvalue weighted by molar-refractivity contribution is 0.124. The highest BCUT2D eigenvalue weighted by Gasteiger charge is 2.40. The molecule has 1 aromatic heterocycles. The Balaban J connectivity index is 1.64. The molecule has 2 amide bonds. The summed E-state index contributed by atoms with van der Waals surface area (Å²) >= 11 is 0. The van der Waals surface area contributed by atoms with Crippen molar-refractivity contribution >= 4 is 16.9 Å². The molecule has 4 rings (SSSR count). The van der Waals surface area contributed by atoms with Crippen molar-refractivity contribution in [1.82, 2.24) is 20.1 Å². The summed E-state index contributed by atoms with van der Waals surface area (Å²) in [6.45, 7) is 8.73. The second-order valence-electron chi connectivity index (χ2n) is 8.08. The van der Waals surface area contributed by atoms with Gasteiger partial charge in [-0.3, -0.25) is 0 Å². The average molecular weight is 369 g/mol. The van der Waals surface area contributed by atoms with Crippen molar-refractivity contribution in [3.05, 3.63) is 35.0 Å². The molecule has 2 aliphatic rings. The Hall–Kier alpha value is -2.01. The molecule has 146 valence electrons. The summed E-state index contributed by atoms with van der Waals surface area (Å²) in [5, 5.41) is 4.74. The van der Waals surface area contributed by atoms with E-state index in [9.17, 15) is 4.79 Å². The van der Waals surface area contributed by atoms with E-state index in [1.165, 1.54) is 27.7 Å². The first-order valence-electron chi connectivity index (χ1n) is 10.4. The lowest BCUT2D eigenvalue weighted by Gasteiger charge is -2.46. The number of nitrogens with zero attached hydrogens (tertiary/aromatic N) is 2. The standard InChI is InChI=1S/C22H32N4O/c1-5-18-17-12-20-16(15-9-8-10-19(24-18)21(15)17)11-14(13-25(20)4)23-22(27)26(6-2)7-3/h8-10,14,16,20,24H,5-7,11-13H2,1-4H3,(H,23,27)/t14-,16?,20+/m0/s1. The molecule has 1 fully saturated rings. The van der Waals surface area contributed by atoms with Crippen LogP contribution >= 0.6 is 0 Å². The molecule has 3 atom stereocenters. The predicted molar refractivity (Wildman–Crippen MR) is 110 cm³/mol. The summed E-state index contributed by atoms with van der Waals surface area (Å²) in [6.07, 6.45) is 3.18. The molecular weight excluding hydrogens is 336 g/mol. The van der Waals surface area contributed by atoms with Crippen LogP contribution in [-0.4, -0.2) is 59.6 Å².